The van der Waals surface area contributed by atoms with Crippen molar-refractivity contribution in [3.8, 4) is 0 Å². The first-order valence-corrected chi connectivity index (χ1v) is 2.87. The molecule has 0 aliphatic carbocycles. The van der Waals surface area contributed by atoms with E-state index in [1.807, 2.05) is 0 Å². The molecule has 0 fully saturated rings. The normalized spacial score (nSPS) is 12.2. The van der Waals surface area contributed by atoms with Crippen LogP contribution in [0.15, 0.2) is 0 Å². The molecule has 1 N–H and O–H groups in total. The van der Waals surface area contributed by atoms with E-state index < -0.39 is 17.9 Å². The molecule has 0 aromatic rings. The van der Waals surface area contributed by atoms with Gasteiger partial charge in [0.15, 0.2) is 0 Å². The molecular formula is C6H10O4. The second-order valence-corrected chi connectivity index (χ2v) is 2.02. The molecule has 1 atom stereocenters. The van der Waals surface area contributed by atoms with Crippen LogP contribution in [0.3, 0.4) is 0 Å². The zero-order valence-electron chi connectivity index (χ0n) is 5.96. The third-order valence-corrected chi connectivity index (χ3v) is 1.08. The van der Waals surface area contributed by atoms with Gasteiger partial charge >= 0.3 is 11.9 Å². The fraction of sp³-hybridized carbons (Fsp3) is 0.667. The molecule has 0 aliphatic rings. The van der Waals surface area contributed by atoms with Crippen LogP contribution >= 0.6 is 0 Å². The Bertz CT molecular complexity index is 141. The summed E-state index contributed by atoms with van der Waals surface area (Å²) in [6.07, 6.45) is -0.174. The molecule has 0 aromatic carbocycles. The van der Waals surface area contributed by atoms with Crippen molar-refractivity contribution >= 4 is 11.9 Å². The van der Waals surface area contributed by atoms with Gasteiger partial charge in [-0.3, -0.25) is 9.59 Å². The fourth-order valence-corrected chi connectivity index (χ4v) is 0.546. The van der Waals surface area contributed by atoms with Gasteiger partial charge < -0.3 is 9.84 Å². The van der Waals surface area contributed by atoms with Gasteiger partial charge in [-0.15, -0.1) is 0 Å². The van der Waals surface area contributed by atoms with E-state index in [1.54, 1.807) is 0 Å². The standard InChI is InChI=1S/C6H10O4/c1-4(3-5(7)8)6(9)10-2/h4H,3H2,1-2H3,(H,7,8)/t4-/m1/s1. The average Bonchev–Trinajstić information content (AvgIpc) is 1.85. The molecule has 0 heterocycles. The fourth-order valence-electron chi connectivity index (χ4n) is 0.546. The number of methoxy groups -OCH3 is 1. The molecule has 4 nitrogen and oxygen atoms in total. The van der Waals surface area contributed by atoms with E-state index in [-0.39, 0.29) is 6.42 Å². The van der Waals surface area contributed by atoms with Crippen molar-refractivity contribution in [3.63, 3.8) is 0 Å². The number of hydrogen-bond donors (Lipinski definition) is 1. The van der Waals surface area contributed by atoms with Crippen molar-refractivity contribution in [2.45, 2.75) is 13.3 Å². The maximum atomic E-state index is 10.6. The van der Waals surface area contributed by atoms with Gasteiger partial charge in [0.25, 0.3) is 0 Å². The highest BCUT2D eigenvalue weighted by atomic mass is 16.5. The van der Waals surface area contributed by atoms with E-state index >= 15 is 0 Å². The Hall–Kier alpha value is -1.06. The molecule has 0 rings (SSSR count). The Labute approximate surface area is 58.8 Å². The topological polar surface area (TPSA) is 63.6 Å². The maximum absolute atomic E-state index is 10.6. The predicted octanol–water partition coefficient (Wildman–Crippen LogP) is 0.270. The van der Waals surface area contributed by atoms with Gasteiger partial charge in [-0.2, -0.15) is 0 Å². The number of hydrogen-bond acceptors (Lipinski definition) is 3. The van der Waals surface area contributed by atoms with Crippen LogP contribution in [-0.2, 0) is 14.3 Å². The minimum Gasteiger partial charge on any atom is -0.481 e. The first-order chi connectivity index (χ1) is 4.57. The Kier molecular flexibility index (Phi) is 3.46. The van der Waals surface area contributed by atoms with Crippen LogP contribution < -0.4 is 0 Å². The Morgan fingerprint density at radius 2 is 2.10 bits per heavy atom. The summed E-state index contributed by atoms with van der Waals surface area (Å²) in [4.78, 5) is 20.6. The van der Waals surface area contributed by atoms with Crippen LogP contribution in [0, 0.1) is 5.92 Å². The minimum absolute atomic E-state index is 0.174. The summed E-state index contributed by atoms with van der Waals surface area (Å²) in [5.41, 5.74) is 0. The molecule has 58 valence electrons. The summed E-state index contributed by atoms with van der Waals surface area (Å²) >= 11 is 0. The quantitative estimate of drug-likeness (QED) is 0.580. The lowest BCUT2D eigenvalue weighted by Crippen LogP contribution is -2.16. The van der Waals surface area contributed by atoms with Gasteiger partial charge in [0.2, 0.25) is 0 Å². The summed E-state index contributed by atoms with van der Waals surface area (Å²) in [5, 5.41) is 8.22. The van der Waals surface area contributed by atoms with Gasteiger partial charge in [0, 0.05) is 0 Å². The second-order valence-electron chi connectivity index (χ2n) is 2.02. The zero-order valence-corrected chi connectivity index (χ0v) is 5.96. The van der Waals surface area contributed by atoms with Crippen molar-refractivity contribution in [2.24, 2.45) is 5.92 Å². The van der Waals surface area contributed by atoms with Gasteiger partial charge in [0.1, 0.15) is 0 Å². The molecule has 0 aliphatic heterocycles. The van der Waals surface area contributed by atoms with Crippen molar-refractivity contribution in [2.75, 3.05) is 7.11 Å². The zero-order chi connectivity index (χ0) is 8.15. The number of ether oxygens (including phenoxy) is 1. The Morgan fingerprint density at radius 1 is 1.60 bits per heavy atom. The highest BCUT2D eigenvalue weighted by molar-refractivity contribution is 5.78. The summed E-state index contributed by atoms with van der Waals surface area (Å²) in [5.74, 6) is -2.03. The molecule has 0 aromatic heterocycles. The SMILES string of the molecule is COC(=O)[C@H](C)CC(=O)O. The second kappa shape index (κ2) is 3.87. The Morgan fingerprint density at radius 3 is 2.40 bits per heavy atom. The van der Waals surface area contributed by atoms with Crippen molar-refractivity contribution in [1.29, 1.82) is 0 Å². The lowest BCUT2D eigenvalue weighted by molar-refractivity contribution is -0.150. The molecule has 0 saturated heterocycles. The van der Waals surface area contributed by atoms with E-state index in [0.29, 0.717) is 0 Å². The highest BCUT2D eigenvalue weighted by Gasteiger charge is 2.15. The summed E-state index contributed by atoms with van der Waals surface area (Å²) in [7, 11) is 1.24. The molecule has 0 amide bonds. The minimum atomic E-state index is -0.988. The number of carboxylic acid groups (broad SMARTS) is 1. The van der Waals surface area contributed by atoms with E-state index in [0.717, 1.165) is 0 Å². The van der Waals surface area contributed by atoms with Gasteiger partial charge in [-0.05, 0) is 0 Å². The maximum Gasteiger partial charge on any atom is 0.308 e. The lowest BCUT2D eigenvalue weighted by atomic mass is 10.1. The van der Waals surface area contributed by atoms with Gasteiger partial charge in [-0.25, -0.2) is 0 Å². The number of carboxylic acids is 1. The molecule has 0 saturated carbocycles. The van der Waals surface area contributed by atoms with Crippen LogP contribution in [0.4, 0.5) is 0 Å². The van der Waals surface area contributed by atoms with Crippen molar-refractivity contribution in [3.05, 3.63) is 0 Å². The summed E-state index contributed by atoms with van der Waals surface area (Å²) in [6, 6.07) is 0. The van der Waals surface area contributed by atoms with Crippen molar-refractivity contribution in [1.82, 2.24) is 0 Å². The molecule has 0 spiro atoms. The van der Waals surface area contributed by atoms with E-state index in [9.17, 15) is 9.59 Å². The lowest BCUT2D eigenvalue weighted by Gasteiger charge is -2.03. The van der Waals surface area contributed by atoms with Crippen LogP contribution in [-0.4, -0.2) is 24.2 Å². The van der Waals surface area contributed by atoms with Gasteiger partial charge in [-0.1, -0.05) is 6.92 Å². The van der Waals surface area contributed by atoms with Gasteiger partial charge in [0.05, 0.1) is 19.4 Å². The summed E-state index contributed by atoms with van der Waals surface area (Å²) in [6.45, 7) is 1.51. The monoisotopic (exact) mass is 146 g/mol. The van der Waals surface area contributed by atoms with E-state index in [4.69, 9.17) is 5.11 Å². The first kappa shape index (κ1) is 8.94. The molecule has 0 bridgehead atoms. The number of aliphatic carboxylic acids is 1. The third-order valence-electron chi connectivity index (χ3n) is 1.08. The van der Waals surface area contributed by atoms with Crippen molar-refractivity contribution < 1.29 is 19.4 Å². The van der Waals surface area contributed by atoms with Crippen LogP contribution in [0.1, 0.15) is 13.3 Å². The number of carbonyl (C=O) groups is 2. The largest absolute Gasteiger partial charge is 0.481 e. The third kappa shape index (κ3) is 3.06. The smallest absolute Gasteiger partial charge is 0.308 e. The number of rotatable bonds is 3. The van der Waals surface area contributed by atoms with Crippen LogP contribution in [0.2, 0.25) is 0 Å². The molecule has 10 heavy (non-hydrogen) atoms. The predicted molar refractivity (Wildman–Crippen MR) is 33.4 cm³/mol. The van der Waals surface area contributed by atoms with E-state index in [1.165, 1.54) is 14.0 Å². The number of esters is 1. The summed E-state index contributed by atoms with van der Waals surface area (Å²) < 4.78 is 4.31. The van der Waals surface area contributed by atoms with Crippen LogP contribution in [0.25, 0.3) is 0 Å². The number of carbonyl (C=O) groups excluding carboxylic acids is 1. The average molecular weight is 146 g/mol. The molecule has 4 heteroatoms. The van der Waals surface area contributed by atoms with Crippen LogP contribution in [0.5, 0.6) is 0 Å². The molecule has 0 unspecified atom stereocenters. The highest BCUT2D eigenvalue weighted by Crippen LogP contribution is 2.02. The first-order valence-electron chi connectivity index (χ1n) is 2.87. The molecule has 0 radical (unpaired) electrons. The van der Waals surface area contributed by atoms with E-state index in [2.05, 4.69) is 4.74 Å². The molecular weight excluding hydrogens is 136 g/mol. The Balaban J connectivity index is 3.72.